The average molecular weight is 439 g/mol. The summed E-state index contributed by atoms with van der Waals surface area (Å²) in [6.07, 6.45) is 4.61. The average Bonchev–Trinajstić information content (AvgIpc) is 3.29. The van der Waals surface area contributed by atoms with Gasteiger partial charge in [-0.3, -0.25) is 4.90 Å². The van der Waals surface area contributed by atoms with Crippen LogP contribution >= 0.6 is 0 Å². The molecule has 6 nitrogen and oxygen atoms in total. The van der Waals surface area contributed by atoms with Gasteiger partial charge in [-0.1, -0.05) is 18.2 Å². The Morgan fingerprint density at radius 1 is 1.15 bits per heavy atom. The number of hydrogen-bond acceptors (Lipinski definition) is 5. The summed E-state index contributed by atoms with van der Waals surface area (Å²) >= 11 is 0. The fourth-order valence-electron chi connectivity index (χ4n) is 4.24. The molecule has 2 aromatic carbocycles. The predicted octanol–water partition coefficient (Wildman–Crippen LogP) is 4.93. The van der Waals surface area contributed by atoms with Crippen LogP contribution in [0.2, 0.25) is 0 Å². The molecule has 1 aliphatic heterocycles. The van der Waals surface area contributed by atoms with E-state index in [-0.39, 0.29) is 5.82 Å². The Hall–Kier alpha value is -4.02. The number of aromatic amines is 1. The fourth-order valence-corrected chi connectivity index (χ4v) is 4.24. The van der Waals surface area contributed by atoms with Gasteiger partial charge in [-0.2, -0.15) is 5.26 Å². The van der Waals surface area contributed by atoms with Gasteiger partial charge in [0, 0.05) is 36.3 Å². The molecular formula is C26H22FN5O. The van der Waals surface area contributed by atoms with Crippen LogP contribution in [0, 0.1) is 17.1 Å². The number of benzene rings is 2. The zero-order valence-corrected chi connectivity index (χ0v) is 18.2. The lowest BCUT2D eigenvalue weighted by atomic mass is 10.0. The molecule has 164 valence electrons. The number of nitrogens with one attached hydrogen (secondary N) is 1. The van der Waals surface area contributed by atoms with Gasteiger partial charge in [0.25, 0.3) is 0 Å². The number of H-pyrrole nitrogens is 1. The van der Waals surface area contributed by atoms with Crippen LogP contribution in [0.15, 0.2) is 60.9 Å². The normalized spacial score (nSPS) is 14.2. The molecule has 0 unspecified atom stereocenters. The Morgan fingerprint density at radius 2 is 2.00 bits per heavy atom. The van der Waals surface area contributed by atoms with E-state index < -0.39 is 0 Å². The van der Waals surface area contributed by atoms with Gasteiger partial charge >= 0.3 is 0 Å². The largest absolute Gasteiger partial charge is 0.496 e. The van der Waals surface area contributed by atoms with E-state index in [2.05, 4.69) is 32.0 Å². The molecule has 0 radical (unpaired) electrons. The van der Waals surface area contributed by atoms with Crippen LogP contribution in [0.25, 0.3) is 27.9 Å². The minimum Gasteiger partial charge on any atom is -0.496 e. The number of methoxy groups -OCH3 is 1. The van der Waals surface area contributed by atoms with Gasteiger partial charge in [-0.25, -0.2) is 14.4 Å². The van der Waals surface area contributed by atoms with E-state index in [1.54, 1.807) is 13.2 Å². The predicted molar refractivity (Wildman–Crippen MR) is 125 cm³/mol. The molecule has 1 N–H and O–H groups in total. The molecule has 0 aliphatic carbocycles. The maximum Gasteiger partial charge on any atom is 0.141 e. The third kappa shape index (κ3) is 4.21. The smallest absolute Gasteiger partial charge is 0.141 e. The van der Waals surface area contributed by atoms with Crippen LogP contribution in [0.1, 0.15) is 23.2 Å². The zero-order chi connectivity index (χ0) is 22.8. The van der Waals surface area contributed by atoms with Crippen molar-refractivity contribution in [1.29, 1.82) is 5.26 Å². The molecule has 0 saturated heterocycles. The molecule has 1 aliphatic rings. The summed E-state index contributed by atoms with van der Waals surface area (Å²) in [5.74, 6) is 0.222. The second-order valence-corrected chi connectivity index (χ2v) is 8.04. The first kappa shape index (κ1) is 20.9. The van der Waals surface area contributed by atoms with Crippen molar-refractivity contribution in [2.24, 2.45) is 0 Å². The minimum atomic E-state index is -0.342. The van der Waals surface area contributed by atoms with Crippen LogP contribution in [-0.2, 0) is 6.54 Å². The molecule has 0 saturated carbocycles. The number of ether oxygens (including phenoxy) is 1. The Kier molecular flexibility index (Phi) is 5.59. The lowest BCUT2D eigenvalue weighted by Crippen LogP contribution is -2.28. The number of hydrogen-bond donors (Lipinski definition) is 1. The van der Waals surface area contributed by atoms with Gasteiger partial charge in [0.05, 0.1) is 24.4 Å². The third-order valence-electron chi connectivity index (χ3n) is 5.97. The second kappa shape index (κ2) is 8.85. The van der Waals surface area contributed by atoms with Crippen molar-refractivity contribution in [2.75, 3.05) is 20.2 Å². The van der Waals surface area contributed by atoms with Gasteiger partial charge in [0.2, 0.25) is 0 Å². The molecule has 3 heterocycles. The molecular weight excluding hydrogens is 417 g/mol. The van der Waals surface area contributed by atoms with Crippen LogP contribution < -0.4 is 4.74 Å². The van der Waals surface area contributed by atoms with E-state index in [1.807, 2.05) is 30.3 Å². The monoisotopic (exact) mass is 439 g/mol. The maximum absolute atomic E-state index is 14.0. The topological polar surface area (TPSA) is 77.8 Å². The molecule has 7 heteroatoms. The Bertz CT molecular complexity index is 1380. The van der Waals surface area contributed by atoms with Crippen molar-refractivity contribution in [3.05, 3.63) is 83.6 Å². The molecule has 2 aromatic heterocycles. The van der Waals surface area contributed by atoms with Crippen LogP contribution in [-0.4, -0.2) is 40.1 Å². The van der Waals surface area contributed by atoms with E-state index in [0.717, 1.165) is 37.1 Å². The molecule has 33 heavy (non-hydrogen) atoms. The lowest BCUT2D eigenvalue weighted by molar-refractivity contribution is 0.294. The number of nitriles is 1. The van der Waals surface area contributed by atoms with E-state index in [9.17, 15) is 4.39 Å². The van der Waals surface area contributed by atoms with E-state index in [1.165, 1.54) is 29.6 Å². The summed E-state index contributed by atoms with van der Waals surface area (Å²) in [5, 5.41) is 9.79. The van der Waals surface area contributed by atoms with Crippen molar-refractivity contribution in [3.63, 3.8) is 0 Å². The highest BCUT2D eigenvalue weighted by Gasteiger charge is 2.18. The summed E-state index contributed by atoms with van der Waals surface area (Å²) in [6.45, 7) is 2.61. The van der Waals surface area contributed by atoms with E-state index in [0.29, 0.717) is 28.2 Å². The number of halogens is 1. The molecule has 0 atom stereocenters. The quantitative estimate of drug-likeness (QED) is 0.477. The molecule has 0 spiro atoms. The van der Waals surface area contributed by atoms with Crippen LogP contribution in [0.4, 0.5) is 4.39 Å². The second-order valence-electron chi connectivity index (χ2n) is 8.04. The van der Waals surface area contributed by atoms with Crippen molar-refractivity contribution in [3.8, 4) is 23.1 Å². The first-order chi connectivity index (χ1) is 16.1. The van der Waals surface area contributed by atoms with Crippen molar-refractivity contribution >= 4 is 16.6 Å². The van der Waals surface area contributed by atoms with Gasteiger partial charge < -0.3 is 9.72 Å². The third-order valence-corrected chi connectivity index (χ3v) is 5.97. The molecule has 0 bridgehead atoms. The van der Waals surface area contributed by atoms with Gasteiger partial charge in [0.1, 0.15) is 23.5 Å². The summed E-state index contributed by atoms with van der Waals surface area (Å²) in [5.41, 5.74) is 6.04. The summed E-state index contributed by atoms with van der Waals surface area (Å²) < 4.78 is 19.4. The Morgan fingerprint density at radius 3 is 2.73 bits per heavy atom. The number of nitrogens with zero attached hydrogens (tertiary/aromatic N) is 4. The number of aromatic nitrogens is 3. The standard InChI is InChI=1S/C26H22FN5O/c1-33-24-7-6-20(27)12-21(24)25-22-13-23(31-26(22)30-16-29-25)19-8-10-32(11-9-19)15-18-4-2-17(14-28)3-5-18/h2-8,12-13,16H,9-11,15H2,1H3,(H,29,30,31). The SMILES string of the molecule is COc1ccc(F)cc1-c1ncnc2[nH]c(C3=CCN(Cc4ccc(C#N)cc4)CC3)cc12. The first-order valence-corrected chi connectivity index (χ1v) is 10.7. The number of fused-ring (bicyclic) bond motifs is 1. The molecule has 5 rings (SSSR count). The highest BCUT2D eigenvalue weighted by atomic mass is 19.1. The Balaban J connectivity index is 1.39. The molecule has 4 aromatic rings. The van der Waals surface area contributed by atoms with E-state index in [4.69, 9.17) is 10.00 Å². The summed E-state index contributed by atoms with van der Waals surface area (Å²) in [4.78, 5) is 14.6. The van der Waals surface area contributed by atoms with Gasteiger partial charge in [-0.05, 0) is 54.0 Å². The maximum atomic E-state index is 14.0. The van der Waals surface area contributed by atoms with Crippen LogP contribution in [0.3, 0.4) is 0 Å². The highest BCUT2D eigenvalue weighted by molar-refractivity contribution is 5.94. The summed E-state index contributed by atoms with van der Waals surface area (Å²) in [7, 11) is 1.56. The van der Waals surface area contributed by atoms with E-state index >= 15 is 0 Å². The fraction of sp³-hybridized carbons (Fsp3) is 0.192. The van der Waals surface area contributed by atoms with Gasteiger partial charge in [0.15, 0.2) is 0 Å². The zero-order valence-electron chi connectivity index (χ0n) is 18.2. The first-order valence-electron chi connectivity index (χ1n) is 10.7. The van der Waals surface area contributed by atoms with Crippen molar-refractivity contribution < 1.29 is 9.13 Å². The number of rotatable bonds is 5. The van der Waals surface area contributed by atoms with Crippen molar-refractivity contribution in [1.82, 2.24) is 19.9 Å². The van der Waals surface area contributed by atoms with Crippen LogP contribution in [0.5, 0.6) is 5.75 Å². The minimum absolute atomic E-state index is 0.342. The van der Waals surface area contributed by atoms with Gasteiger partial charge in [-0.15, -0.1) is 0 Å². The Labute approximate surface area is 191 Å². The molecule has 0 fully saturated rings. The van der Waals surface area contributed by atoms with Crippen molar-refractivity contribution in [2.45, 2.75) is 13.0 Å². The summed E-state index contributed by atoms with van der Waals surface area (Å²) in [6, 6.07) is 16.4. The highest BCUT2D eigenvalue weighted by Crippen LogP contribution is 2.35. The molecule has 0 amide bonds. The lowest BCUT2D eigenvalue weighted by Gasteiger charge is -2.26.